The maximum atomic E-state index is 13.0. The van der Waals surface area contributed by atoms with Gasteiger partial charge < -0.3 is 21.1 Å². The Hall–Kier alpha value is -3.90. The van der Waals surface area contributed by atoms with Gasteiger partial charge >= 0.3 is 0 Å². The Bertz CT molecular complexity index is 1260. The third kappa shape index (κ3) is 2.92. The van der Waals surface area contributed by atoms with Gasteiger partial charge in [-0.05, 0) is 19.1 Å². The molecule has 2 aliphatic rings. The second kappa shape index (κ2) is 7.11. The molecule has 2 aliphatic heterocycles. The predicted molar refractivity (Wildman–Crippen MR) is 118 cm³/mol. The van der Waals surface area contributed by atoms with Gasteiger partial charge in [0, 0.05) is 24.0 Å². The summed E-state index contributed by atoms with van der Waals surface area (Å²) < 4.78 is 5.43. The summed E-state index contributed by atoms with van der Waals surface area (Å²) in [5.74, 6) is 1.14. The summed E-state index contributed by atoms with van der Waals surface area (Å²) in [7, 11) is 0. The van der Waals surface area contributed by atoms with Crippen LogP contribution in [0.25, 0.3) is 10.8 Å². The van der Waals surface area contributed by atoms with Crippen molar-refractivity contribution in [3.8, 4) is 6.07 Å². The van der Waals surface area contributed by atoms with Gasteiger partial charge in [-0.3, -0.25) is 9.69 Å². The third-order valence-electron chi connectivity index (χ3n) is 5.76. The monoisotopic (exact) mass is 415 g/mol. The number of anilines is 5. The first-order valence-corrected chi connectivity index (χ1v) is 10.0. The van der Waals surface area contributed by atoms with Gasteiger partial charge in [-0.15, -0.1) is 0 Å². The van der Waals surface area contributed by atoms with Crippen LogP contribution in [-0.4, -0.2) is 42.2 Å². The van der Waals surface area contributed by atoms with Gasteiger partial charge in [0.25, 0.3) is 0 Å². The summed E-state index contributed by atoms with van der Waals surface area (Å²) in [5, 5.41) is 11.1. The van der Waals surface area contributed by atoms with Crippen LogP contribution >= 0.6 is 0 Å². The molecule has 1 aromatic carbocycles. The third-order valence-corrected chi connectivity index (χ3v) is 5.76. The number of hydrogen-bond donors (Lipinski definition) is 2. The molecule has 1 saturated heterocycles. The van der Waals surface area contributed by atoms with Crippen LogP contribution in [0.15, 0.2) is 24.3 Å². The first kappa shape index (κ1) is 19.1. The molecule has 0 saturated carbocycles. The minimum absolute atomic E-state index is 0.105. The minimum Gasteiger partial charge on any atom is -0.383 e. The number of carbonyl (C=O) groups excluding carboxylic acids is 1. The molecule has 31 heavy (non-hydrogen) atoms. The molecule has 0 aliphatic carbocycles. The van der Waals surface area contributed by atoms with E-state index < -0.39 is 0 Å². The average molecular weight is 415 g/mol. The van der Waals surface area contributed by atoms with Crippen LogP contribution in [0.2, 0.25) is 0 Å². The zero-order valence-corrected chi connectivity index (χ0v) is 17.1. The van der Waals surface area contributed by atoms with Gasteiger partial charge in [-0.2, -0.15) is 5.26 Å². The summed E-state index contributed by atoms with van der Waals surface area (Å²) in [4.78, 5) is 25.6. The topological polar surface area (TPSA) is 134 Å². The van der Waals surface area contributed by atoms with E-state index >= 15 is 0 Å². The molecule has 9 heteroatoms. The molecule has 0 bridgehead atoms. The number of aromatic nitrogens is 2. The number of hydrogen-bond acceptors (Lipinski definition) is 8. The highest BCUT2D eigenvalue weighted by Crippen LogP contribution is 2.44. The van der Waals surface area contributed by atoms with Crippen molar-refractivity contribution in [1.82, 2.24) is 9.97 Å². The Morgan fingerprint density at radius 1 is 1.03 bits per heavy atom. The first-order valence-electron chi connectivity index (χ1n) is 10.0. The summed E-state index contributed by atoms with van der Waals surface area (Å²) in [5.41, 5.74) is 15.4. The Balaban J connectivity index is 1.78. The summed E-state index contributed by atoms with van der Waals surface area (Å²) in [6.07, 6.45) is 0.105. The Morgan fingerprint density at radius 2 is 1.68 bits per heavy atom. The number of fused-ring (bicyclic) bond motifs is 3. The molecule has 0 atom stereocenters. The lowest BCUT2D eigenvalue weighted by molar-refractivity contribution is -0.116. The van der Waals surface area contributed by atoms with Crippen LogP contribution in [0.5, 0.6) is 0 Å². The minimum atomic E-state index is -0.134. The smallest absolute Gasteiger partial charge is 0.237 e. The van der Waals surface area contributed by atoms with E-state index in [9.17, 15) is 10.1 Å². The number of ether oxygens (including phenoxy) is 1. The number of pyridine rings is 2. The second-order valence-corrected chi connectivity index (χ2v) is 7.70. The van der Waals surface area contributed by atoms with E-state index in [0.29, 0.717) is 65.5 Å². The fourth-order valence-corrected chi connectivity index (χ4v) is 4.27. The Kier molecular flexibility index (Phi) is 4.38. The van der Waals surface area contributed by atoms with E-state index in [0.717, 1.165) is 5.56 Å². The van der Waals surface area contributed by atoms with Crippen LogP contribution in [0.4, 0.5) is 29.0 Å². The lowest BCUT2D eigenvalue weighted by atomic mass is 10.0. The first-order chi connectivity index (χ1) is 15.0. The summed E-state index contributed by atoms with van der Waals surface area (Å²) in [6, 6.07) is 9.89. The van der Waals surface area contributed by atoms with Crippen molar-refractivity contribution in [3.63, 3.8) is 0 Å². The van der Waals surface area contributed by atoms with E-state index in [1.54, 1.807) is 4.90 Å². The van der Waals surface area contributed by atoms with Crippen LogP contribution in [0.3, 0.4) is 0 Å². The molecule has 1 amide bonds. The highest BCUT2D eigenvalue weighted by Gasteiger charge is 2.35. The van der Waals surface area contributed by atoms with Crippen LogP contribution < -0.4 is 21.3 Å². The fourth-order valence-electron chi connectivity index (χ4n) is 4.27. The van der Waals surface area contributed by atoms with Crippen LogP contribution in [0.1, 0.15) is 16.7 Å². The standard InChI is InChI=1S/C22H21N7O2/c1-12-2-4-13(5-3-12)29-16(30)10-14-17-15(11-23)21(28-6-8-31-9-7-28)26-19(24)18(17)20(25)27-22(14)29/h2-5H,6-10H2,1H3,(H2,24,26)(H2,25,27). The lowest BCUT2D eigenvalue weighted by Gasteiger charge is -2.29. The summed E-state index contributed by atoms with van der Waals surface area (Å²) >= 11 is 0. The van der Waals surface area contributed by atoms with Gasteiger partial charge in [-0.25, -0.2) is 9.97 Å². The average Bonchev–Trinajstić information content (AvgIpc) is 3.10. The Morgan fingerprint density at radius 3 is 2.32 bits per heavy atom. The maximum Gasteiger partial charge on any atom is 0.237 e. The maximum absolute atomic E-state index is 13.0. The number of amides is 1. The lowest BCUT2D eigenvalue weighted by Crippen LogP contribution is -2.37. The number of nitriles is 1. The van der Waals surface area contributed by atoms with Gasteiger partial charge in [0.15, 0.2) is 0 Å². The van der Waals surface area contributed by atoms with E-state index in [-0.39, 0.29) is 24.0 Å². The van der Waals surface area contributed by atoms with Crippen LogP contribution in [-0.2, 0) is 16.0 Å². The number of carbonyl (C=O) groups is 1. The molecule has 2 aromatic heterocycles. The number of morpholine rings is 1. The molecule has 4 heterocycles. The van der Waals surface area contributed by atoms with Crippen molar-refractivity contribution in [2.45, 2.75) is 13.3 Å². The molecule has 0 radical (unpaired) electrons. The van der Waals surface area contributed by atoms with Gasteiger partial charge in [0.1, 0.15) is 34.9 Å². The molecule has 0 unspecified atom stereocenters. The summed E-state index contributed by atoms with van der Waals surface area (Å²) in [6.45, 7) is 4.27. The number of rotatable bonds is 2. The van der Waals surface area contributed by atoms with Crippen molar-refractivity contribution in [2.24, 2.45) is 0 Å². The molecule has 5 rings (SSSR count). The normalized spacial score (nSPS) is 15.9. The molecule has 3 aromatic rings. The van der Waals surface area contributed by atoms with Gasteiger partial charge in [0.2, 0.25) is 5.91 Å². The molecule has 156 valence electrons. The number of nitrogens with zero attached hydrogens (tertiary/aromatic N) is 5. The van der Waals surface area contributed by atoms with Crippen molar-refractivity contribution >= 4 is 45.6 Å². The van der Waals surface area contributed by atoms with Crippen molar-refractivity contribution < 1.29 is 9.53 Å². The highest BCUT2D eigenvalue weighted by atomic mass is 16.5. The molecule has 0 spiro atoms. The zero-order valence-electron chi connectivity index (χ0n) is 17.1. The van der Waals surface area contributed by atoms with E-state index in [1.807, 2.05) is 36.1 Å². The molecule has 4 N–H and O–H groups in total. The van der Waals surface area contributed by atoms with Gasteiger partial charge in [-0.1, -0.05) is 17.7 Å². The quantitative estimate of drug-likeness (QED) is 0.649. The van der Waals surface area contributed by atoms with E-state index in [4.69, 9.17) is 16.2 Å². The SMILES string of the molecule is Cc1ccc(N2C(=O)Cc3c2nc(N)c2c(N)nc(N4CCOCC4)c(C#N)c32)cc1. The number of aryl methyl sites for hydroxylation is 1. The molecule has 1 fully saturated rings. The van der Waals surface area contributed by atoms with E-state index in [2.05, 4.69) is 16.0 Å². The zero-order chi connectivity index (χ0) is 21.7. The molecule has 9 nitrogen and oxygen atoms in total. The van der Waals surface area contributed by atoms with Crippen molar-refractivity contribution in [1.29, 1.82) is 5.26 Å². The second-order valence-electron chi connectivity index (χ2n) is 7.70. The highest BCUT2D eigenvalue weighted by molar-refractivity contribution is 6.15. The number of benzene rings is 1. The van der Waals surface area contributed by atoms with E-state index in [1.165, 1.54) is 0 Å². The number of nitrogen functional groups attached to an aromatic ring is 2. The molecular formula is C22H21N7O2. The fraction of sp³-hybridized carbons (Fsp3) is 0.273. The van der Waals surface area contributed by atoms with Crippen LogP contribution in [0, 0.1) is 18.3 Å². The van der Waals surface area contributed by atoms with Gasteiger partial charge in [0.05, 0.1) is 30.7 Å². The van der Waals surface area contributed by atoms with Crippen molar-refractivity contribution in [2.75, 3.05) is 47.6 Å². The largest absolute Gasteiger partial charge is 0.383 e. The molecular weight excluding hydrogens is 394 g/mol. The van der Waals surface area contributed by atoms with Crippen molar-refractivity contribution in [3.05, 3.63) is 41.0 Å². The predicted octanol–water partition coefficient (Wildman–Crippen LogP) is 2.03. The Labute approximate surface area is 178 Å². The number of nitrogens with two attached hydrogens (primary N) is 2.